The predicted molar refractivity (Wildman–Crippen MR) is 63.9 cm³/mol. The zero-order valence-corrected chi connectivity index (χ0v) is 11.2. The Labute approximate surface area is 107 Å². The highest BCUT2D eigenvalue weighted by atomic mass is 79.9. The van der Waals surface area contributed by atoms with Gasteiger partial charge in [-0.1, -0.05) is 22.0 Å². The maximum Gasteiger partial charge on any atom is 0.389 e. The molecule has 0 heterocycles. The van der Waals surface area contributed by atoms with Crippen molar-refractivity contribution in [2.75, 3.05) is 0 Å². The van der Waals surface area contributed by atoms with Gasteiger partial charge in [0.15, 0.2) is 0 Å². The Morgan fingerprint density at radius 1 is 1.24 bits per heavy atom. The average molecular weight is 311 g/mol. The number of rotatable bonds is 3. The number of hydrogen-bond donors (Lipinski definition) is 1. The second-order valence-corrected chi connectivity index (χ2v) is 4.98. The van der Waals surface area contributed by atoms with Gasteiger partial charge < -0.3 is 5.11 Å². The number of hydrogen-bond acceptors (Lipinski definition) is 1. The lowest BCUT2D eigenvalue weighted by molar-refractivity contribution is -0.140. The molecular formula is C12H14BrF3O. The molecule has 0 aliphatic heterocycles. The Morgan fingerprint density at radius 2 is 1.82 bits per heavy atom. The standard InChI is InChI=1S/C12H14BrF3O/c1-7-6-10(13)8(2)5-9(7)11(17)3-4-12(14,15)16/h5-6,11,17H,3-4H2,1-2H3. The molecule has 1 aromatic carbocycles. The van der Waals surface area contributed by atoms with Crippen LogP contribution in [0, 0.1) is 13.8 Å². The topological polar surface area (TPSA) is 20.2 Å². The van der Waals surface area contributed by atoms with Crippen molar-refractivity contribution in [3.8, 4) is 0 Å². The highest BCUT2D eigenvalue weighted by Crippen LogP contribution is 2.31. The molecule has 0 aliphatic rings. The van der Waals surface area contributed by atoms with Gasteiger partial charge in [0.1, 0.15) is 0 Å². The van der Waals surface area contributed by atoms with E-state index in [0.29, 0.717) is 5.56 Å². The van der Waals surface area contributed by atoms with Gasteiger partial charge in [-0.3, -0.25) is 0 Å². The molecule has 0 amide bonds. The van der Waals surface area contributed by atoms with Crippen LogP contribution in [0.4, 0.5) is 13.2 Å². The van der Waals surface area contributed by atoms with Crippen molar-refractivity contribution in [2.45, 2.75) is 39.0 Å². The third-order valence-electron chi connectivity index (χ3n) is 2.61. The molecule has 1 atom stereocenters. The van der Waals surface area contributed by atoms with Gasteiger partial charge in [-0.2, -0.15) is 13.2 Å². The molecular weight excluding hydrogens is 297 g/mol. The first-order valence-corrected chi connectivity index (χ1v) is 6.01. The fourth-order valence-electron chi connectivity index (χ4n) is 1.62. The van der Waals surface area contributed by atoms with Crippen LogP contribution in [0.2, 0.25) is 0 Å². The van der Waals surface area contributed by atoms with Crippen LogP contribution in [0.25, 0.3) is 0 Å². The number of aryl methyl sites for hydroxylation is 2. The SMILES string of the molecule is Cc1cc(C(O)CCC(F)(F)F)c(C)cc1Br. The van der Waals surface area contributed by atoms with E-state index in [0.717, 1.165) is 15.6 Å². The monoisotopic (exact) mass is 310 g/mol. The van der Waals surface area contributed by atoms with E-state index < -0.39 is 18.7 Å². The van der Waals surface area contributed by atoms with Crippen LogP contribution in [0.1, 0.15) is 35.6 Å². The van der Waals surface area contributed by atoms with Crippen LogP contribution in [-0.4, -0.2) is 11.3 Å². The molecule has 1 unspecified atom stereocenters. The third-order valence-corrected chi connectivity index (χ3v) is 3.46. The summed E-state index contributed by atoms with van der Waals surface area (Å²) in [6.07, 6.45) is -6.56. The third kappa shape index (κ3) is 4.32. The van der Waals surface area contributed by atoms with Gasteiger partial charge in [0.2, 0.25) is 0 Å². The number of aliphatic hydroxyl groups excluding tert-OH is 1. The van der Waals surface area contributed by atoms with E-state index in [1.54, 1.807) is 13.0 Å². The lowest BCUT2D eigenvalue weighted by Crippen LogP contribution is -2.10. The maximum atomic E-state index is 12.1. The second kappa shape index (κ2) is 5.40. The maximum absolute atomic E-state index is 12.1. The molecule has 0 fully saturated rings. The summed E-state index contributed by atoms with van der Waals surface area (Å²) in [7, 11) is 0. The van der Waals surface area contributed by atoms with Gasteiger partial charge in [0.05, 0.1) is 6.10 Å². The second-order valence-electron chi connectivity index (χ2n) is 4.13. The van der Waals surface area contributed by atoms with Gasteiger partial charge >= 0.3 is 6.18 Å². The number of alkyl halides is 3. The van der Waals surface area contributed by atoms with Crippen molar-refractivity contribution >= 4 is 15.9 Å². The molecule has 1 aromatic rings. The number of benzene rings is 1. The zero-order valence-electron chi connectivity index (χ0n) is 9.61. The Bertz CT molecular complexity index is 401. The fourth-order valence-corrected chi connectivity index (χ4v) is 2.08. The minimum absolute atomic E-state index is 0.300. The smallest absolute Gasteiger partial charge is 0.388 e. The molecule has 0 saturated carbocycles. The summed E-state index contributed by atoms with van der Waals surface area (Å²) >= 11 is 3.34. The first-order valence-electron chi connectivity index (χ1n) is 5.22. The predicted octanol–water partition coefficient (Wildman–Crippen LogP) is 4.44. The Kier molecular flexibility index (Phi) is 4.61. The van der Waals surface area contributed by atoms with Crippen LogP contribution >= 0.6 is 15.9 Å². The number of aliphatic hydroxyl groups is 1. The van der Waals surface area contributed by atoms with Crippen molar-refractivity contribution in [1.29, 1.82) is 0 Å². The molecule has 0 bridgehead atoms. The molecule has 0 aliphatic carbocycles. The van der Waals surface area contributed by atoms with Crippen molar-refractivity contribution in [3.63, 3.8) is 0 Å². The van der Waals surface area contributed by atoms with E-state index in [1.807, 2.05) is 13.0 Å². The van der Waals surface area contributed by atoms with Crippen LogP contribution in [0.3, 0.4) is 0 Å². The lowest BCUT2D eigenvalue weighted by Gasteiger charge is -2.16. The summed E-state index contributed by atoms with van der Waals surface area (Å²) in [5.74, 6) is 0. The molecule has 5 heteroatoms. The summed E-state index contributed by atoms with van der Waals surface area (Å²) in [6, 6.07) is 3.53. The molecule has 0 spiro atoms. The molecule has 1 nitrogen and oxygen atoms in total. The quantitative estimate of drug-likeness (QED) is 0.875. The minimum atomic E-state index is -4.22. The molecule has 17 heavy (non-hydrogen) atoms. The van der Waals surface area contributed by atoms with E-state index in [2.05, 4.69) is 15.9 Å². The first kappa shape index (κ1) is 14.5. The van der Waals surface area contributed by atoms with Crippen LogP contribution < -0.4 is 0 Å². The van der Waals surface area contributed by atoms with E-state index in [1.165, 1.54) is 0 Å². The normalized spacial score (nSPS) is 13.8. The van der Waals surface area contributed by atoms with Crippen LogP contribution in [0.15, 0.2) is 16.6 Å². The van der Waals surface area contributed by atoms with E-state index in [9.17, 15) is 18.3 Å². The van der Waals surface area contributed by atoms with E-state index >= 15 is 0 Å². The summed E-state index contributed by atoms with van der Waals surface area (Å²) < 4.78 is 37.1. The molecule has 1 N–H and O–H groups in total. The summed E-state index contributed by atoms with van der Waals surface area (Å²) in [6.45, 7) is 3.61. The van der Waals surface area contributed by atoms with Crippen molar-refractivity contribution < 1.29 is 18.3 Å². The van der Waals surface area contributed by atoms with Crippen molar-refractivity contribution in [2.24, 2.45) is 0 Å². The summed E-state index contributed by atoms with van der Waals surface area (Å²) in [5.41, 5.74) is 2.25. The highest BCUT2D eigenvalue weighted by molar-refractivity contribution is 9.10. The van der Waals surface area contributed by atoms with Crippen molar-refractivity contribution in [3.05, 3.63) is 33.3 Å². The van der Waals surface area contributed by atoms with E-state index in [-0.39, 0.29) is 6.42 Å². The summed E-state index contributed by atoms with van der Waals surface area (Å²) in [5, 5.41) is 9.76. The molecule has 1 rings (SSSR count). The van der Waals surface area contributed by atoms with E-state index in [4.69, 9.17) is 0 Å². The van der Waals surface area contributed by atoms with Gasteiger partial charge in [0.25, 0.3) is 0 Å². The Balaban J connectivity index is 2.82. The minimum Gasteiger partial charge on any atom is -0.388 e. The van der Waals surface area contributed by atoms with Gasteiger partial charge in [-0.05, 0) is 43.0 Å². The zero-order chi connectivity index (χ0) is 13.2. The molecule has 0 saturated heterocycles. The summed E-state index contributed by atoms with van der Waals surface area (Å²) in [4.78, 5) is 0. The van der Waals surface area contributed by atoms with Crippen LogP contribution in [-0.2, 0) is 0 Å². The van der Waals surface area contributed by atoms with Crippen molar-refractivity contribution in [1.82, 2.24) is 0 Å². The average Bonchev–Trinajstić information content (AvgIpc) is 2.19. The van der Waals surface area contributed by atoms with Gasteiger partial charge in [0, 0.05) is 10.9 Å². The molecule has 0 radical (unpaired) electrons. The lowest BCUT2D eigenvalue weighted by atomic mass is 9.98. The van der Waals surface area contributed by atoms with Gasteiger partial charge in [-0.25, -0.2) is 0 Å². The molecule has 0 aromatic heterocycles. The Hall–Kier alpha value is -0.550. The largest absolute Gasteiger partial charge is 0.389 e. The highest BCUT2D eigenvalue weighted by Gasteiger charge is 2.28. The Morgan fingerprint density at radius 3 is 2.35 bits per heavy atom. The van der Waals surface area contributed by atoms with Crippen LogP contribution in [0.5, 0.6) is 0 Å². The number of halogens is 4. The first-order chi connectivity index (χ1) is 7.70. The molecule has 96 valence electrons. The van der Waals surface area contributed by atoms with Gasteiger partial charge in [-0.15, -0.1) is 0 Å². The fraction of sp³-hybridized carbons (Fsp3) is 0.500.